The number of nitrogens with zero attached hydrogens (tertiary/aromatic N) is 2. The Morgan fingerprint density at radius 3 is 3.00 bits per heavy atom. The van der Waals surface area contributed by atoms with Crippen LogP contribution in [0, 0.1) is 5.92 Å². The van der Waals surface area contributed by atoms with Crippen LogP contribution in [-0.4, -0.2) is 15.5 Å². The predicted molar refractivity (Wildman–Crippen MR) is 64.8 cm³/mol. The summed E-state index contributed by atoms with van der Waals surface area (Å²) in [6.45, 7) is 6.05. The summed E-state index contributed by atoms with van der Waals surface area (Å²) in [6.07, 6.45) is 1.14. The van der Waals surface area contributed by atoms with Gasteiger partial charge < -0.3 is 5.73 Å². The molecule has 0 fully saturated rings. The van der Waals surface area contributed by atoms with E-state index in [1.807, 2.05) is 11.8 Å². The van der Waals surface area contributed by atoms with Crippen molar-refractivity contribution in [1.29, 1.82) is 0 Å². The van der Waals surface area contributed by atoms with Crippen molar-refractivity contribution in [3.05, 3.63) is 17.0 Å². The highest BCUT2D eigenvalue weighted by Crippen LogP contribution is 2.26. The summed E-state index contributed by atoms with van der Waals surface area (Å²) < 4.78 is 2.13. The van der Waals surface area contributed by atoms with Crippen molar-refractivity contribution in [3.63, 3.8) is 0 Å². The van der Waals surface area contributed by atoms with E-state index >= 15 is 0 Å². The van der Waals surface area contributed by atoms with Crippen molar-refractivity contribution in [2.24, 2.45) is 11.7 Å². The number of hydrogen-bond donors (Lipinski definition) is 1. The summed E-state index contributed by atoms with van der Waals surface area (Å²) in [7, 11) is 0. The Morgan fingerprint density at radius 1 is 1.53 bits per heavy atom. The number of fused-ring (bicyclic) bond motifs is 1. The molecule has 1 aromatic heterocycles. The van der Waals surface area contributed by atoms with E-state index in [0.717, 1.165) is 18.7 Å². The van der Waals surface area contributed by atoms with Crippen LogP contribution in [0.2, 0.25) is 0 Å². The van der Waals surface area contributed by atoms with Gasteiger partial charge in [-0.25, -0.2) is 0 Å². The average molecular weight is 225 g/mol. The second-order valence-corrected chi connectivity index (χ2v) is 5.56. The van der Waals surface area contributed by atoms with Crippen LogP contribution in [0.4, 0.5) is 0 Å². The Balaban J connectivity index is 2.33. The first-order valence-corrected chi connectivity index (χ1v) is 6.73. The van der Waals surface area contributed by atoms with Crippen LogP contribution in [-0.2, 0) is 25.3 Å². The smallest absolute Gasteiger partial charge is 0.0759 e. The van der Waals surface area contributed by atoms with Crippen LogP contribution in [0.3, 0.4) is 0 Å². The minimum Gasteiger partial charge on any atom is -0.325 e. The van der Waals surface area contributed by atoms with E-state index in [9.17, 15) is 0 Å². The maximum absolute atomic E-state index is 5.83. The average Bonchev–Trinajstić information content (AvgIpc) is 2.53. The standard InChI is InChI=1S/C11H19N3S/c1-8(2)6-14-11(5-12)9-3-4-15-7-10(9)13-14/h8H,3-7,12H2,1-2H3. The van der Waals surface area contributed by atoms with Gasteiger partial charge in [0, 0.05) is 18.8 Å². The molecule has 2 N–H and O–H groups in total. The minimum atomic E-state index is 0.625. The van der Waals surface area contributed by atoms with Gasteiger partial charge in [0.05, 0.1) is 11.4 Å². The molecule has 1 aliphatic rings. The van der Waals surface area contributed by atoms with Gasteiger partial charge in [0.25, 0.3) is 0 Å². The highest BCUT2D eigenvalue weighted by Gasteiger charge is 2.19. The third-order valence-electron chi connectivity index (χ3n) is 2.72. The lowest BCUT2D eigenvalue weighted by Crippen LogP contribution is -2.13. The summed E-state index contributed by atoms with van der Waals surface area (Å²) in [4.78, 5) is 0. The molecule has 0 aromatic carbocycles. The van der Waals surface area contributed by atoms with Crippen molar-refractivity contribution in [1.82, 2.24) is 9.78 Å². The van der Waals surface area contributed by atoms with Crippen LogP contribution in [0.25, 0.3) is 0 Å². The summed E-state index contributed by atoms with van der Waals surface area (Å²) >= 11 is 1.97. The maximum atomic E-state index is 5.83. The SMILES string of the molecule is CC(C)Cn1nc2c(c1CN)CCSC2. The first-order valence-electron chi connectivity index (χ1n) is 5.57. The highest BCUT2D eigenvalue weighted by molar-refractivity contribution is 7.98. The number of hydrogen-bond acceptors (Lipinski definition) is 3. The van der Waals surface area contributed by atoms with Gasteiger partial charge in [-0.05, 0) is 23.7 Å². The van der Waals surface area contributed by atoms with E-state index < -0.39 is 0 Å². The molecule has 0 spiro atoms. The van der Waals surface area contributed by atoms with Crippen molar-refractivity contribution in [2.75, 3.05) is 5.75 Å². The molecule has 2 rings (SSSR count). The number of thioether (sulfide) groups is 1. The number of rotatable bonds is 3. The van der Waals surface area contributed by atoms with E-state index in [-0.39, 0.29) is 0 Å². The molecule has 0 atom stereocenters. The van der Waals surface area contributed by atoms with Crippen LogP contribution in [0.1, 0.15) is 30.8 Å². The predicted octanol–water partition coefficient (Wildman–Crippen LogP) is 1.79. The molecule has 84 valence electrons. The van der Waals surface area contributed by atoms with Gasteiger partial charge in [0.1, 0.15) is 0 Å². The molecule has 0 bridgehead atoms. The van der Waals surface area contributed by atoms with Gasteiger partial charge in [-0.15, -0.1) is 0 Å². The Bertz CT molecular complexity index is 344. The Morgan fingerprint density at radius 2 is 2.33 bits per heavy atom. The van der Waals surface area contributed by atoms with Crippen LogP contribution >= 0.6 is 11.8 Å². The molecular weight excluding hydrogens is 206 g/mol. The summed E-state index contributed by atoms with van der Waals surface area (Å²) in [5.74, 6) is 2.91. The number of aromatic nitrogens is 2. The first kappa shape index (κ1) is 11.0. The van der Waals surface area contributed by atoms with Crippen molar-refractivity contribution in [2.45, 2.75) is 39.1 Å². The van der Waals surface area contributed by atoms with E-state index in [0.29, 0.717) is 12.5 Å². The van der Waals surface area contributed by atoms with Gasteiger partial charge in [0.2, 0.25) is 0 Å². The van der Waals surface area contributed by atoms with E-state index in [4.69, 9.17) is 5.73 Å². The van der Waals surface area contributed by atoms with Crippen LogP contribution < -0.4 is 5.73 Å². The van der Waals surface area contributed by atoms with Crippen molar-refractivity contribution in [3.8, 4) is 0 Å². The van der Waals surface area contributed by atoms with Crippen LogP contribution in [0.5, 0.6) is 0 Å². The zero-order valence-corrected chi connectivity index (χ0v) is 10.3. The summed E-state index contributed by atoms with van der Waals surface area (Å²) in [6, 6.07) is 0. The molecule has 0 amide bonds. The van der Waals surface area contributed by atoms with Gasteiger partial charge in [0.15, 0.2) is 0 Å². The maximum Gasteiger partial charge on any atom is 0.0759 e. The molecule has 0 radical (unpaired) electrons. The van der Waals surface area contributed by atoms with E-state index in [1.54, 1.807) is 0 Å². The molecular formula is C11H19N3S. The first-order chi connectivity index (χ1) is 7.22. The van der Waals surface area contributed by atoms with Crippen LogP contribution in [0.15, 0.2) is 0 Å². The van der Waals surface area contributed by atoms with Crippen molar-refractivity contribution < 1.29 is 0 Å². The highest BCUT2D eigenvalue weighted by atomic mass is 32.2. The second-order valence-electron chi connectivity index (χ2n) is 4.45. The normalized spacial score (nSPS) is 15.7. The molecule has 0 saturated carbocycles. The topological polar surface area (TPSA) is 43.8 Å². The van der Waals surface area contributed by atoms with Crippen molar-refractivity contribution >= 4 is 11.8 Å². The lowest BCUT2D eigenvalue weighted by Gasteiger charge is -2.11. The van der Waals surface area contributed by atoms with Gasteiger partial charge in [-0.1, -0.05) is 13.8 Å². The quantitative estimate of drug-likeness (QED) is 0.853. The fourth-order valence-corrected chi connectivity index (χ4v) is 2.98. The Kier molecular flexibility index (Phi) is 3.36. The third kappa shape index (κ3) is 2.21. The van der Waals surface area contributed by atoms with Gasteiger partial charge in [-0.2, -0.15) is 16.9 Å². The molecule has 2 heterocycles. The zero-order valence-electron chi connectivity index (χ0n) is 9.49. The monoisotopic (exact) mass is 225 g/mol. The molecule has 1 aliphatic heterocycles. The van der Waals surface area contributed by atoms with Gasteiger partial charge >= 0.3 is 0 Å². The van der Waals surface area contributed by atoms with E-state index in [1.165, 1.54) is 22.7 Å². The fourth-order valence-electron chi connectivity index (χ4n) is 2.06. The number of nitrogens with two attached hydrogens (primary N) is 1. The van der Waals surface area contributed by atoms with E-state index in [2.05, 4.69) is 23.6 Å². The lowest BCUT2D eigenvalue weighted by molar-refractivity contribution is 0.467. The molecule has 4 heteroatoms. The fraction of sp³-hybridized carbons (Fsp3) is 0.727. The lowest BCUT2D eigenvalue weighted by atomic mass is 10.1. The van der Waals surface area contributed by atoms with Gasteiger partial charge in [-0.3, -0.25) is 4.68 Å². The molecule has 3 nitrogen and oxygen atoms in total. The Labute approximate surface area is 95.4 Å². The summed E-state index contributed by atoms with van der Waals surface area (Å²) in [5, 5.41) is 4.68. The summed E-state index contributed by atoms with van der Waals surface area (Å²) in [5.41, 5.74) is 9.79. The molecule has 15 heavy (non-hydrogen) atoms. The molecule has 1 aromatic rings. The second kappa shape index (κ2) is 4.58. The molecule has 0 saturated heterocycles. The largest absolute Gasteiger partial charge is 0.325 e. The third-order valence-corrected chi connectivity index (χ3v) is 3.69. The minimum absolute atomic E-state index is 0.625. The zero-order chi connectivity index (χ0) is 10.8. The molecule has 0 aliphatic carbocycles. The molecule has 0 unspecified atom stereocenters. The Hall–Kier alpha value is -0.480.